The average Bonchev–Trinajstić information content (AvgIpc) is 2.68. The SMILES string of the molecule is Cc1c(F)cc(N)cc1S(=O)(=O)NC1(C)CCOC1. The Kier molecular flexibility index (Phi) is 3.55. The second kappa shape index (κ2) is 4.73. The van der Waals surface area contributed by atoms with E-state index in [2.05, 4.69) is 4.72 Å². The number of nitrogens with one attached hydrogen (secondary N) is 1. The van der Waals surface area contributed by atoms with Crippen molar-refractivity contribution in [1.29, 1.82) is 0 Å². The van der Waals surface area contributed by atoms with Gasteiger partial charge in [-0.2, -0.15) is 0 Å². The Labute approximate surface area is 112 Å². The maximum absolute atomic E-state index is 13.6. The van der Waals surface area contributed by atoms with Crippen molar-refractivity contribution >= 4 is 15.7 Å². The van der Waals surface area contributed by atoms with E-state index in [1.54, 1.807) is 6.92 Å². The molecular weight excluding hydrogens is 271 g/mol. The molecule has 2 rings (SSSR count). The van der Waals surface area contributed by atoms with Gasteiger partial charge in [-0.1, -0.05) is 0 Å². The number of anilines is 1. The van der Waals surface area contributed by atoms with Gasteiger partial charge in [-0.05, 0) is 32.4 Å². The minimum atomic E-state index is -3.83. The first-order valence-corrected chi connectivity index (χ1v) is 7.39. The standard InChI is InChI=1S/C12H17FN2O3S/c1-8-10(13)5-9(14)6-11(8)19(16,17)15-12(2)3-4-18-7-12/h5-6,15H,3-4,7,14H2,1-2H3. The van der Waals surface area contributed by atoms with Crippen molar-refractivity contribution < 1.29 is 17.5 Å². The van der Waals surface area contributed by atoms with E-state index in [4.69, 9.17) is 10.5 Å². The lowest BCUT2D eigenvalue weighted by Gasteiger charge is -2.24. The zero-order valence-corrected chi connectivity index (χ0v) is 11.7. The van der Waals surface area contributed by atoms with E-state index in [0.29, 0.717) is 19.6 Å². The van der Waals surface area contributed by atoms with Crippen LogP contribution >= 0.6 is 0 Å². The highest BCUT2D eigenvalue weighted by molar-refractivity contribution is 7.89. The van der Waals surface area contributed by atoms with Crippen LogP contribution in [0.3, 0.4) is 0 Å². The monoisotopic (exact) mass is 288 g/mol. The molecule has 0 amide bonds. The van der Waals surface area contributed by atoms with Crippen LogP contribution in [0.2, 0.25) is 0 Å². The van der Waals surface area contributed by atoms with Crippen LogP contribution in [-0.2, 0) is 14.8 Å². The largest absolute Gasteiger partial charge is 0.399 e. The summed E-state index contributed by atoms with van der Waals surface area (Å²) in [6.45, 7) is 3.98. The molecule has 1 aliphatic rings. The summed E-state index contributed by atoms with van der Waals surface area (Å²) in [5.74, 6) is -0.631. The number of benzene rings is 1. The van der Waals surface area contributed by atoms with Crippen molar-refractivity contribution in [1.82, 2.24) is 4.72 Å². The summed E-state index contributed by atoms with van der Waals surface area (Å²) in [7, 11) is -3.83. The molecule has 1 aromatic carbocycles. The number of nitrogen functional groups attached to an aromatic ring is 1. The summed E-state index contributed by atoms with van der Waals surface area (Å²) >= 11 is 0. The van der Waals surface area contributed by atoms with E-state index in [9.17, 15) is 12.8 Å². The number of hydrogen-bond acceptors (Lipinski definition) is 4. The first-order chi connectivity index (χ1) is 8.73. The minimum Gasteiger partial charge on any atom is -0.399 e. The third kappa shape index (κ3) is 2.88. The Morgan fingerprint density at radius 1 is 1.47 bits per heavy atom. The van der Waals surface area contributed by atoms with Crippen molar-refractivity contribution in [3.8, 4) is 0 Å². The van der Waals surface area contributed by atoms with E-state index in [1.807, 2.05) is 0 Å². The number of hydrogen-bond donors (Lipinski definition) is 2. The molecule has 0 spiro atoms. The van der Waals surface area contributed by atoms with Crippen molar-refractivity contribution in [3.63, 3.8) is 0 Å². The quantitative estimate of drug-likeness (QED) is 0.818. The third-order valence-electron chi connectivity index (χ3n) is 3.21. The van der Waals surface area contributed by atoms with Gasteiger partial charge in [0.15, 0.2) is 0 Å². The van der Waals surface area contributed by atoms with Gasteiger partial charge in [0.25, 0.3) is 0 Å². The highest BCUT2D eigenvalue weighted by Gasteiger charge is 2.35. The van der Waals surface area contributed by atoms with Crippen LogP contribution in [0.25, 0.3) is 0 Å². The molecule has 1 aromatic rings. The molecule has 19 heavy (non-hydrogen) atoms. The van der Waals surface area contributed by atoms with Crippen LogP contribution in [0.5, 0.6) is 0 Å². The van der Waals surface area contributed by atoms with Crippen molar-refractivity contribution in [2.24, 2.45) is 0 Å². The first-order valence-electron chi connectivity index (χ1n) is 5.91. The smallest absolute Gasteiger partial charge is 0.241 e. The second-order valence-corrected chi connectivity index (χ2v) is 6.75. The average molecular weight is 288 g/mol. The number of rotatable bonds is 3. The summed E-state index contributed by atoms with van der Waals surface area (Å²) < 4.78 is 46.0. The molecule has 0 aromatic heterocycles. The van der Waals surface area contributed by atoms with Crippen LogP contribution in [-0.4, -0.2) is 27.2 Å². The number of sulfonamides is 1. The lowest BCUT2D eigenvalue weighted by molar-refractivity contribution is 0.178. The fraction of sp³-hybridized carbons (Fsp3) is 0.500. The summed E-state index contributed by atoms with van der Waals surface area (Å²) in [6.07, 6.45) is 0.579. The Bertz CT molecular complexity index is 595. The molecule has 1 fully saturated rings. The fourth-order valence-electron chi connectivity index (χ4n) is 2.08. The second-order valence-electron chi connectivity index (χ2n) is 5.09. The van der Waals surface area contributed by atoms with Gasteiger partial charge in [0.05, 0.1) is 17.0 Å². The van der Waals surface area contributed by atoms with Crippen molar-refractivity contribution in [2.75, 3.05) is 18.9 Å². The van der Waals surface area contributed by atoms with E-state index >= 15 is 0 Å². The molecule has 0 bridgehead atoms. The Balaban J connectivity index is 2.40. The van der Waals surface area contributed by atoms with Gasteiger partial charge >= 0.3 is 0 Å². The lowest BCUT2D eigenvalue weighted by Crippen LogP contribution is -2.46. The molecule has 5 nitrogen and oxygen atoms in total. The van der Waals surface area contributed by atoms with E-state index in [-0.39, 0.29) is 16.1 Å². The van der Waals surface area contributed by atoms with Crippen LogP contribution in [0.15, 0.2) is 17.0 Å². The van der Waals surface area contributed by atoms with Gasteiger partial charge in [-0.25, -0.2) is 17.5 Å². The molecule has 1 aliphatic heterocycles. The zero-order chi connectivity index (χ0) is 14.3. The fourth-order valence-corrected chi connectivity index (χ4v) is 3.79. The molecule has 1 saturated heterocycles. The van der Waals surface area contributed by atoms with E-state index < -0.39 is 21.4 Å². The molecule has 106 valence electrons. The molecule has 0 aliphatic carbocycles. The highest BCUT2D eigenvalue weighted by atomic mass is 32.2. The van der Waals surface area contributed by atoms with Crippen LogP contribution < -0.4 is 10.5 Å². The van der Waals surface area contributed by atoms with E-state index in [1.165, 1.54) is 13.0 Å². The first kappa shape index (κ1) is 14.2. The van der Waals surface area contributed by atoms with Gasteiger partial charge < -0.3 is 10.5 Å². The van der Waals surface area contributed by atoms with Crippen LogP contribution in [0, 0.1) is 12.7 Å². The molecule has 1 atom stereocenters. The van der Waals surface area contributed by atoms with Gasteiger partial charge in [0.2, 0.25) is 10.0 Å². The number of ether oxygens (including phenoxy) is 1. The minimum absolute atomic E-state index is 0.0595. The molecule has 0 saturated carbocycles. The van der Waals surface area contributed by atoms with Crippen molar-refractivity contribution in [3.05, 3.63) is 23.5 Å². The summed E-state index contributed by atoms with van der Waals surface area (Å²) in [4.78, 5) is -0.127. The van der Waals surface area contributed by atoms with Crippen molar-refractivity contribution in [2.45, 2.75) is 30.7 Å². The van der Waals surface area contributed by atoms with Gasteiger partial charge in [0.1, 0.15) is 5.82 Å². The van der Waals surface area contributed by atoms with Gasteiger partial charge in [-0.3, -0.25) is 0 Å². The maximum Gasteiger partial charge on any atom is 0.241 e. The summed E-state index contributed by atoms with van der Waals surface area (Å²) in [5, 5.41) is 0. The van der Waals surface area contributed by atoms with Gasteiger partial charge in [0, 0.05) is 17.9 Å². The summed E-state index contributed by atoms with van der Waals surface area (Å²) in [6, 6.07) is 2.37. The Hall–Kier alpha value is -1.18. The number of halogens is 1. The van der Waals surface area contributed by atoms with E-state index in [0.717, 1.165) is 6.07 Å². The normalized spacial score (nSPS) is 23.7. The lowest BCUT2D eigenvalue weighted by atomic mass is 10.0. The predicted octanol–water partition coefficient (Wildman–Crippen LogP) is 1.17. The third-order valence-corrected chi connectivity index (χ3v) is 4.97. The number of nitrogens with two attached hydrogens (primary N) is 1. The molecule has 3 N–H and O–H groups in total. The highest BCUT2D eigenvalue weighted by Crippen LogP contribution is 2.25. The molecule has 7 heteroatoms. The molecule has 1 heterocycles. The molecular formula is C12H17FN2O3S. The summed E-state index contributed by atoms with van der Waals surface area (Å²) in [5.41, 5.74) is 4.99. The molecule has 1 unspecified atom stereocenters. The van der Waals surface area contributed by atoms with Crippen LogP contribution in [0.4, 0.5) is 10.1 Å². The molecule has 0 radical (unpaired) electrons. The van der Waals surface area contributed by atoms with Gasteiger partial charge in [-0.15, -0.1) is 0 Å². The van der Waals surface area contributed by atoms with Crippen LogP contribution in [0.1, 0.15) is 18.9 Å². The Morgan fingerprint density at radius 2 is 2.16 bits per heavy atom. The Morgan fingerprint density at radius 3 is 2.74 bits per heavy atom. The topological polar surface area (TPSA) is 81.4 Å². The maximum atomic E-state index is 13.6. The predicted molar refractivity (Wildman–Crippen MR) is 69.7 cm³/mol. The zero-order valence-electron chi connectivity index (χ0n) is 10.9.